The molecule has 6 rings (SSSR count). The van der Waals surface area contributed by atoms with Gasteiger partial charge in [-0.1, -0.05) is 115 Å². The number of hydrogen-bond acceptors (Lipinski definition) is 5. The highest BCUT2D eigenvalue weighted by Gasteiger charge is 2.40. The molecule has 0 aromatic heterocycles. The van der Waals surface area contributed by atoms with Crippen molar-refractivity contribution in [3.63, 3.8) is 0 Å². The van der Waals surface area contributed by atoms with Crippen LogP contribution >= 0.6 is 23.5 Å². The van der Waals surface area contributed by atoms with Crippen LogP contribution < -0.4 is 10.6 Å². The molecule has 1 saturated heterocycles. The lowest BCUT2D eigenvalue weighted by Gasteiger charge is -2.36. The van der Waals surface area contributed by atoms with Gasteiger partial charge >= 0.3 is 5.97 Å². The summed E-state index contributed by atoms with van der Waals surface area (Å²) in [6.45, 7) is 0. The molecule has 1 aliphatic heterocycles. The molecule has 6 nitrogen and oxygen atoms in total. The third-order valence-corrected chi connectivity index (χ3v) is 9.61. The number of carboxylic acid groups (broad SMARTS) is 1. The van der Waals surface area contributed by atoms with Gasteiger partial charge in [-0.2, -0.15) is 0 Å². The number of thioether (sulfide) groups is 2. The smallest absolute Gasteiger partial charge is 0.319 e. The maximum absolute atomic E-state index is 12.7. The standard InChI is InChI=1S/C22H19NO3S.C15H13NOS/c24-21(17-12-6-2-7-13-17)23-19(16-10-4-1-5-11-16)20(22(25)26)27-18-14-8-3-9-15-18;17-15-14(18-12-9-5-2-6-10-12)13(16-15)11-7-3-1-4-8-11/h1-15,19-20H,(H,23,24)(H,25,26);1-10,13-14H,(H,16,17)/t19-,20+;13-,14+/m00/s1. The van der Waals surface area contributed by atoms with Crippen LogP contribution in [0.4, 0.5) is 0 Å². The molecule has 45 heavy (non-hydrogen) atoms. The lowest BCUT2D eigenvalue weighted by atomic mass is 9.97. The van der Waals surface area contributed by atoms with Gasteiger partial charge in [-0.3, -0.25) is 14.4 Å². The molecular weight excluding hydrogens is 601 g/mol. The molecule has 3 N–H and O–H groups in total. The first-order chi connectivity index (χ1) is 22.0. The van der Waals surface area contributed by atoms with Crippen molar-refractivity contribution in [1.82, 2.24) is 10.6 Å². The summed E-state index contributed by atoms with van der Waals surface area (Å²) < 4.78 is 0. The van der Waals surface area contributed by atoms with E-state index in [1.54, 1.807) is 36.0 Å². The topological polar surface area (TPSA) is 95.5 Å². The first kappa shape index (κ1) is 31.6. The molecule has 0 saturated carbocycles. The van der Waals surface area contributed by atoms with E-state index in [1.165, 1.54) is 17.3 Å². The van der Waals surface area contributed by atoms with Gasteiger partial charge in [-0.15, -0.1) is 23.5 Å². The van der Waals surface area contributed by atoms with Gasteiger partial charge in [0.05, 0.1) is 12.1 Å². The maximum atomic E-state index is 12.7. The van der Waals surface area contributed by atoms with Crippen LogP contribution in [0.2, 0.25) is 0 Å². The highest BCUT2D eigenvalue weighted by Crippen LogP contribution is 2.38. The van der Waals surface area contributed by atoms with E-state index in [-0.39, 0.29) is 23.1 Å². The Morgan fingerprint density at radius 1 is 0.667 bits per heavy atom. The Morgan fingerprint density at radius 3 is 1.69 bits per heavy atom. The van der Waals surface area contributed by atoms with E-state index in [9.17, 15) is 19.5 Å². The Hall–Kier alpha value is -4.79. The second kappa shape index (κ2) is 15.8. The second-order valence-electron chi connectivity index (χ2n) is 10.2. The SMILES string of the molecule is O=C(N[C@@H](c1ccccc1)[C@@H](Sc1ccccc1)C(=O)O)c1ccccc1.O=C1N[C@@H](c2ccccc2)[C@H]1Sc1ccccc1. The number of carbonyl (C=O) groups excluding carboxylic acids is 2. The van der Waals surface area contributed by atoms with Crippen LogP contribution in [0.5, 0.6) is 0 Å². The van der Waals surface area contributed by atoms with Crippen molar-refractivity contribution in [3.05, 3.63) is 168 Å². The van der Waals surface area contributed by atoms with Gasteiger partial charge in [0.25, 0.3) is 5.91 Å². The van der Waals surface area contributed by atoms with E-state index in [1.807, 2.05) is 115 Å². The summed E-state index contributed by atoms with van der Waals surface area (Å²) >= 11 is 2.85. The second-order valence-corrected chi connectivity index (χ2v) is 12.6. The van der Waals surface area contributed by atoms with Gasteiger partial charge in [0.15, 0.2) is 0 Å². The minimum atomic E-state index is -0.980. The summed E-state index contributed by atoms with van der Waals surface area (Å²) in [6, 6.07) is 46.9. The Labute approximate surface area is 271 Å². The van der Waals surface area contributed by atoms with Crippen LogP contribution in [-0.4, -0.2) is 33.4 Å². The zero-order valence-corrected chi connectivity index (χ0v) is 25.9. The van der Waals surface area contributed by atoms with Gasteiger partial charge < -0.3 is 15.7 Å². The fourth-order valence-electron chi connectivity index (χ4n) is 4.77. The summed E-state index contributed by atoms with van der Waals surface area (Å²) in [5, 5.41) is 14.9. The molecular formula is C37H32N2O4S2. The van der Waals surface area contributed by atoms with Crippen molar-refractivity contribution in [2.24, 2.45) is 0 Å². The van der Waals surface area contributed by atoms with Crippen LogP contribution in [0.1, 0.15) is 33.6 Å². The van der Waals surface area contributed by atoms with E-state index in [0.717, 1.165) is 15.4 Å². The number of amides is 2. The van der Waals surface area contributed by atoms with E-state index in [4.69, 9.17) is 0 Å². The van der Waals surface area contributed by atoms with Gasteiger partial charge in [0.1, 0.15) is 10.5 Å². The predicted octanol–water partition coefficient (Wildman–Crippen LogP) is 7.42. The van der Waals surface area contributed by atoms with Gasteiger partial charge in [-0.25, -0.2) is 0 Å². The normalized spacial score (nSPS) is 16.5. The van der Waals surface area contributed by atoms with Crippen molar-refractivity contribution >= 4 is 41.3 Å². The van der Waals surface area contributed by atoms with Gasteiger partial charge in [-0.05, 0) is 47.5 Å². The van der Waals surface area contributed by atoms with Crippen molar-refractivity contribution < 1.29 is 19.5 Å². The summed E-state index contributed by atoms with van der Waals surface area (Å²) in [5.74, 6) is -1.16. The summed E-state index contributed by atoms with van der Waals surface area (Å²) in [6.07, 6.45) is 0. The average molecular weight is 633 g/mol. The fourth-order valence-corrected chi connectivity index (χ4v) is 6.98. The first-order valence-corrected chi connectivity index (χ1v) is 16.2. The van der Waals surface area contributed by atoms with Crippen LogP contribution in [0, 0.1) is 0 Å². The Bertz CT molecular complexity index is 1680. The molecule has 1 heterocycles. The molecule has 0 spiro atoms. The molecule has 5 aromatic rings. The lowest BCUT2D eigenvalue weighted by molar-refractivity contribution is -0.137. The number of benzene rings is 5. The third-order valence-electron chi connectivity index (χ3n) is 7.06. The molecule has 1 aliphatic rings. The largest absolute Gasteiger partial charge is 0.480 e. The number of carbonyl (C=O) groups is 3. The molecule has 8 heteroatoms. The van der Waals surface area contributed by atoms with E-state index in [2.05, 4.69) is 22.8 Å². The van der Waals surface area contributed by atoms with Crippen LogP contribution in [0.3, 0.4) is 0 Å². The summed E-state index contributed by atoms with van der Waals surface area (Å²) in [7, 11) is 0. The number of aliphatic carboxylic acids is 1. The van der Waals surface area contributed by atoms with Gasteiger partial charge in [0.2, 0.25) is 5.91 Å². The molecule has 0 unspecified atom stereocenters. The highest BCUT2D eigenvalue weighted by atomic mass is 32.2. The first-order valence-electron chi connectivity index (χ1n) is 14.4. The number of carboxylic acids is 1. The molecule has 0 radical (unpaired) electrons. The van der Waals surface area contributed by atoms with Crippen LogP contribution in [0.25, 0.3) is 0 Å². The van der Waals surface area contributed by atoms with Crippen molar-refractivity contribution in [2.45, 2.75) is 32.4 Å². The Kier molecular flexibility index (Phi) is 11.1. The fraction of sp³-hybridized carbons (Fsp3) is 0.108. The third kappa shape index (κ3) is 8.65. The minimum Gasteiger partial charge on any atom is -0.480 e. The minimum absolute atomic E-state index is 0.0187. The average Bonchev–Trinajstić information content (AvgIpc) is 3.10. The van der Waals surface area contributed by atoms with E-state index >= 15 is 0 Å². The number of β-lactam (4-membered cyclic amide) rings is 1. The number of hydrogen-bond donors (Lipinski definition) is 3. The maximum Gasteiger partial charge on any atom is 0.319 e. The molecule has 5 aromatic carbocycles. The van der Waals surface area contributed by atoms with Crippen molar-refractivity contribution in [1.29, 1.82) is 0 Å². The zero-order valence-electron chi connectivity index (χ0n) is 24.2. The van der Waals surface area contributed by atoms with Gasteiger partial charge in [0, 0.05) is 15.4 Å². The quantitative estimate of drug-likeness (QED) is 0.110. The monoisotopic (exact) mass is 632 g/mol. The summed E-state index contributed by atoms with van der Waals surface area (Å²) in [5.41, 5.74) is 2.41. The van der Waals surface area contributed by atoms with E-state index in [0.29, 0.717) is 5.56 Å². The van der Waals surface area contributed by atoms with Crippen molar-refractivity contribution in [3.8, 4) is 0 Å². The molecule has 0 aliphatic carbocycles. The van der Waals surface area contributed by atoms with Crippen LogP contribution in [-0.2, 0) is 9.59 Å². The number of nitrogens with one attached hydrogen (secondary N) is 2. The molecule has 1 fully saturated rings. The van der Waals surface area contributed by atoms with Crippen molar-refractivity contribution in [2.75, 3.05) is 0 Å². The molecule has 0 bridgehead atoms. The molecule has 2 amide bonds. The summed E-state index contributed by atoms with van der Waals surface area (Å²) in [4.78, 5) is 38.4. The molecule has 226 valence electrons. The number of rotatable bonds is 10. The molecule has 4 atom stereocenters. The highest BCUT2D eigenvalue weighted by molar-refractivity contribution is 8.01. The Morgan fingerprint density at radius 2 is 1.16 bits per heavy atom. The lowest BCUT2D eigenvalue weighted by Crippen LogP contribution is -2.53. The van der Waals surface area contributed by atoms with E-state index < -0.39 is 17.3 Å². The predicted molar refractivity (Wildman–Crippen MR) is 180 cm³/mol. The van der Waals surface area contributed by atoms with Crippen LogP contribution in [0.15, 0.2) is 161 Å². The zero-order chi connectivity index (χ0) is 31.4. The Balaban J connectivity index is 0.000000192.